The number of carboxylic acid groups (broad SMARTS) is 2. The van der Waals surface area contributed by atoms with Crippen LogP contribution in [0.5, 0.6) is 0 Å². The highest BCUT2D eigenvalue weighted by atomic mass is 16.4. The molecule has 0 saturated heterocycles. The molecule has 0 amide bonds. The maximum Gasteiger partial charge on any atom is 0.335 e. The first-order valence-electron chi connectivity index (χ1n) is 7.77. The van der Waals surface area contributed by atoms with Crippen molar-refractivity contribution in [2.75, 3.05) is 0 Å². The third-order valence-corrected chi connectivity index (χ3v) is 3.80. The summed E-state index contributed by atoms with van der Waals surface area (Å²) in [5, 5.41) is 33.0. The summed E-state index contributed by atoms with van der Waals surface area (Å²) in [4.78, 5) is 22.0. The van der Waals surface area contributed by atoms with Crippen LogP contribution >= 0.6 is 0 Å². The van der Waals surface area contributed by atoms with E-state index in [1.165, 1.54) is 12.5 Å². The maximum absolute atomic E-state index is 11.0. The van der Waals surface area contributed by atoms with Gasteiger partial charge in [-0.2, -0.15) is 0 Å². The average molecular weight is 349 g/mol. The summed E-state index contributed by atoms with van der Waals surface area (Å²) in [5.41, 5.74) is 10.5. The molecule has 9 N–H and O–H groups in total. The summed E-state index contributed by atoms with van der Waals surface area (Å²) in [6.07, 6.45) is 5.50. The molecule has 0 radical (unpaired) electrons. The Balaban J connectivity index is 0.000000381. The second-order valence-corrected chi connectivity index (χ2v) is 5.74. The van der Waals surface area contributed by atoms with E-state index >= 15 is 0 Å². The van der Waals surface area contributed by atoms with E-state index in [0.717, 1.165) is 31.2 Å². The van der Waals surface area contributed by atoms with Crippen LogP contribution in [0.4, 0.5) is 0 Å². The lowest BCUT2D eigenvalue weighted by Crippen LogP contribution is -2.39. The molecular formula is C16H23N5O4. The first-order chi connectivity index (χ1) is 11.7. The van der Waals surface area contributed by atoms with E-state index in [2.05, 4.69) is 0 Å². The third-order valence-electron chi connectivity index (χ3n) is 3.80. The predicted octanol–water partition coefficient (Wildman–Crippen LogP) is 1.49. The van der Waals surface area contributed by atoms with Gasteiger partial charge in [-0.05, 0) is 42.5 Å². The number of rotatable bonds is 3. The summed E-state index contributed by atoms with van der Waals surface area (Å²) in [6.45, 7) is 0. The Morgan fingerprint density at radius 3 is 1.68 bits per heavy atom. The van der Waals surface area contributed by atoms with Crippen LogP contribution in [0.15, 0.2) is 18.2 Å². The number of guanidine groups is 2. The van der Waals surface area contributed by atoms with Crippen molar-refractivity contribution in [2.45, 2.75) is 38.0 Å². The molecular weight excluding hydrogens is 326 g/mol. The molecule has 25 heavy (non-hydrogen) atoms. The number of hydrogen-bond acceptors (Lipinski definition) is 4. The Hall–Kier alpha value is -3.10. The van der Waals surface area contributed by atoms with Gasteiger partial charge < -0.3 is 21.7 Å². The SMILES string of the molecule is N=C(N)NC(=N)N.O=C(O)c1cc(C(=O)O)cc(C2CCCCC2)c1. The van der Waals surface area contributed by atoms with Gasteiger partial charge in [-0.15, -0.1) is 0 Å². The molecule has 0 unspecified atom stereocenters. The highest BCUT2D eigenvalue weighted by Crippen LogP contribution is 2.33. The molecule has 0 heterocycles. The van der Waals surface area contributed by atoms with Crippen LogP contribution in [0, 0.1) is 10.8 Å². The van der Waals surface area contributed by atoms with Crippen molar-refractivity contribution in [2.24, 2.45) is 11.5 Å². The first-order valence-corrected chi connectivity index (χ1v) is 7.77. The van der Waals surface area contributed by atoms with Gasteiger partial charge in [0.1, 0.15) is 0 Å². The number of benzene rings is 1. The molecule has 0 aromatic heterocycles. The van der Waals surface area contributed by atoms with Crippen LogP contribution in [-0.4, -0.2) is 34.1 Å². The molecule has 136 valence electrons. The van der Waals surface area contributed by atoms with E-state index in [4.69, 9.17) is 32.5 Å². The van der Waals surface area contributed by atoms with Gasteiger partial charge in [0, 0.05) is 0 Å². The summed E-state index contributed by atoms with van der Waals surface area (Å²) < 4.78 is 0. The molecule has 2 rings (SSSR count). The summed E-state index contributed by atoms with van der Waals surface area (Å²) in [5.74, 6) is -2.47. The highest BCUT2D eigenvalue weighted by Gasteiger charge is 2.19. The van der Waals surface area contributed by atoms with Gasteiger partial charge in [-0.25, -0.2) is 9.59 Å². The van der Waals surface area contributed by atoms with Crippen molar-refractivity contribution in [3.63, 3.8) is 0 Å². The molecule has 9 heteroatoms. The molecule has 1 fully saturated rings. The Morgan fingerprint density at radius 2 is 1.36 bits per heavy atom. The minimum absolute atomic E-state index is 0.0653. The minimum atomic E-state index is -1.07. The van der Waals surface area contributed by atoms with Crippen LogP contribution in [0.2, 0.25) is 0 Å². The number of carbonyl (C=O) groups is 2. The third kappa shape index (κ3) is 6.90. The fourth-order valence-electron chi connectivity index (χ4n) is 2.72. The molecule has 1 aromatic rings. The predicted molar refractivity (Wildman–Crippen MR) is 93.2 cm³/mol. The highest BCUT2D eigenvalue weighted by molar-refractivity contribution is 5.94. The zero-order chi connectivity index (χ0) is 19.0. The fraction of sp³-hybridized carbons (Fsp3) is 0.375. The second-order valence-electron chi connectivity index (χ2n) is 5.74. The van der Waals surface area contributed by atoms with Gasteiger partial charge in [0.15, 0.2) is 11.9 Å². The monoisotopic (exact) mass is 349 g/mol. The summed E-state index contributed by atoms with van der Waals surface area (Å²) in [6, 6.07) is 4.45. The van der Waals surface area contributed by atoms with E-state index in [1.54, 1.807) is 12.1 Å². The second kappa shape index (κ2) is 9.26. The van der Waals surface area contributed by atoms with Gasteiger partial charge in [-0.1, -0.05) is 19.3 Å². The standard InChI is InChI=1S/C14H16O4.C2H7N5/c15-13(16)11-6-10(7-12(8-11)14(17)18)9-4-2-1-3-5-9;3-1(4)7-2(5)6/h6-9H,1-5H2,(H,15,16)(H,17,18);(H7,3,4,5,6,7). The summed E-state index contributed by atoms with van der Waals surface area (Å²) in [7, 11) is 0. The van der Waals surface area contributed by atoms with Crippen LogP contribution < -0.4 is 16.8 Å². The quantitative estimate of drug-likeness (QED) is 0.318. The minimum Gasteiger partial charge on any atom is -0.478 e. The Labute approximate surface area is 145 Å². The normalized spacial score (nSPS) is 13.9. The molecule has 0 spiro atoms. The van der Waals surface area contributed by atoms with E-state index in [-0.39, 0.29) is 23.0 Å². The largest absolute Gasteiger partial charge is 0.478 e. The Bertz CT molecular complexity index is 624. The zero-order valence-corrected chi connectivity index (χ0v) is 13.7. The van der Waals surface area contributed by atoms with Gasteiger partial charge >= 0.3 is 11.9 Å². The molecule has 1 aliphatic carbocycles. The molecule has 0 aliphatic heterocycles. The number of aromatic carboxylic acids is 2. The lowest BCUT2D eigenvalue weighted by atomic mass is 9.83. The maximum atomic E-state index is 11.0. The number of nitrogens with two attached hydrogens (primary N) is 2. The molecule has 1 saturated carbocycles. The molecule has 1 aromatic carbocycles. The van der Waals surface area contributed by atoms with Gasteiger partial charge in [0.25, 0.3) is 0 Å². The van der Waals surface area contributed by atoms with Crippen molar-refractivity contribution < 1.29 is 19.8 Å². The van der Waals surface area contributed by atoms with Crippen LogP contribution in [0.25, 0.3) is 0 Å². The Kier molecular flexibility index (Phi) is 7.39. The van der Waals surface area contributed by atoms with Gasteiger partial charge in [0.05, 0.1) is 11.1 Å². The smallest absolute Gasteiger partial charge is 0.335 e. The number of nitrogens with one attached hydrogen (secondary N) is 3. The molecule has 0 atom stereocenters. The zero-order valence-electron chi connectivity index (χ0n) is 13.7. The van der Waals surface area contributed by atoms with E-state index in [9.17, 15) is 9.59 Å². The van der Waals surface area contributed by atoms with E-state index in [0.29, 0.717) is 5.92 Å². The van der Waals surface area contributed by atoms with Crippen molar-refractivity contribution in [1.29, 1.82) is 10.8 Å². The molecule has 1 aliphatic rings. The van der Waals surface area contributed by atoms with Crippen molar-refractivity contribution in [3.8, 4) is 0 Å². The van der Waals surface area contributed by atoms with Crippen molar-refractivity contribution in [3.05, 3.63) is 34.9 Å². The van der Waals surface area contributed by atoms with E-state index in [1.807, 2.05) is 5.32 Å². The van der Waals surface area contributed by atoms with Crippen LogP contribution in [-0.2, 0) is 0 Å². The van der Waals surface area contributed by atoms with Gasteiger partial charge in [-0.3, -0.25) is 16.1 Å². The number of hydrogen-bond donors (Lipinski definition) is 7. The van der Waals surface area contributed by atoms with Crippen molar-refractivity contribution >= 4 is 23.9 Å². The first kappa shape index (κ1) is 19.9. The average Bonchev–Trinajstić information content (AvgIpc) is 2.54. The number of carboxylic acids is 2. The lowest BCUT2D eigenvalue weighted by molar-refractivity contribution is 0.0696. The van der Waals surface area contributed by atoms with Crippen LogP contribution in [0.3, 0.4) is 0 Å². The topological polar surface area (TPSA) is 186 Å². The summed E-state index contributed by atoms with van der Waals surface area (Å²) >= 11 is 0. The fourth-order valence-corrected chi connectivity index (χ4v) is 2.72. The lowest BCUT2D eigenvalue weighted by Gasteiger charge is -2.22. The van der Waals surface area contributed by atoms with E-state index < -0.39 is 11.9 Å². The molecule has 0 bridgehead atoms. The molecule has 9 nitrogen and oxygen atoms in total. The van der Waals surface area contributed by atoms with Crippen molar-refractivity contribution in [1.82, 2.24) is 5.32 Å². The van der Waals surface area contributed by atoms with Crippen LogP contribution in [0.1, 0.15) is 64.3 Å². The van der Waals surface area contributed by atoms with Gasteiger partial charge in [0.2, 0.25) is 0 Å². The Morgan fingerprint density at radius 1 is 0.920 bits per heavy atom.